The Bertz CT molecular complexity index is 1290. The van der Waals surface area contributed by atoms with Crippen molar-refractivity contribution in [2.75, 3.05) is 23.8 Å². The quantitative estimate of drug-likeness (QED) is 0.484. The second-order valence-electron chi connectivity index (χ2n) is 6.09. The summed E-state index contributed by atoms with van der Waals surface area (Å²) < 4.78 is 33.8. The molecule has 2 aromatic heterocycles. The number of sulfonamides is 1. The van der Waals surface area contributed by atoms with Crippen molar-refractivity contribution < 1.29 is 17.9 Å². The lowest BCUT2D eigenvalue weighted by molar-refractivity contribution is 0.102. The maximum atomic E-state index is 13.0. The number of rotatable bonds is 6. The molecule has 0 unspecified atom stereocenters. The van der Waals surface area contributed by atoms with E-state index < -0.39 is 15.9 Å². The normalized spacial score (nSPS) is 11.4. The molecule has 12 heteroatoms. The highest BCUT2D eigenvalue weighted by Gasteiger charge is 2.24. The van der Waals surface area contributed by atoms with Crippen molar-refractivity contribution in [1.29, 1.82) is 0 Å². The van der Waals surface area contributed by atoms with E-state index in [1.807, 2.05) is 0 Å². The van der Waals surface area contributed by atoms with Gasteiger partial charge in [0.15, 0.2) is 0 Å². The summed E-state index contributed by atoms with van der Waals surface area (Å²) in [5, 5.41) is 14.7. The summed E-state index contributed by atoms with van der Waals surface area (Å²) in [6, 6.07) is 12.5. The molecule has 0 spiro atoms. The fourth-order valence-corrected chi connectivity index (χ4v) is 4.66. The van der Waals surface area contributed by atoms with Crippen LogP contribution in [-0.4, -0.2) is 48.3 Å². The maximum Gasteiger partial charge on any atom is 0.264 e. The number of hydrogen-bond acceptors (Lipinski definition) is 8. The molecule has 2 aromatic carbocycles. The molecule has 0 aliphatic heterocycles. The summed E-state index contributed by atoms with van der Waals surface area (Å²) in [5.74, 6) is 0.0200. The first-order valence-corrected chi connectivity index (χ1v) is 10.9. The van der Waals surface area contributed by atoms with Gasteiger partial charge in [0, 0.05) is 12.6 Å². The highest BCUT2D eigenvalue weighted by molar-refractivity contribution is 7.92. The Labute approximate surface area is 175 Å². The standard InChI is InChI=1S/C18H16N6O4S2/c1-23(14-5-3-4-6-15(14)28-2)30(26,27)13-9-7-12(8-10-13)16(25)20-17-22-24-11-19-21-18(24)29-17/h3-11H,1-2H3,(H,20,22,25). The van der Waals surface area contributed by atoms with Crippen LogP contribution in [0.2, 0.25) is 0 Å². The molecule has 0 saturated carbocycles. The van der Waals surface area contributed by atoms with Crippen molar-refractivity contribution in [1.82, 2.24) is 19.8 Å². The Morgan fingerprint density at radius 3 is 2.60 bits per heavy atom. The lowest BCUT2D eigenvalue weighted by Crippen LogP contribution is -2.27. The predicted octanol–water partition coefficient (Wildman–Crippen LogP) is 2.27. The third-order valence-corrected chi connectivity index (χ3v) is 6.92. The van der Waals surface area contributed by atoms with Crippen LogP contribution in [0, 0.1) is 0 Å². The van der Waals surface area contributed by atoms with Gasteiger partial charge in [0.25, 0.3) is 15.9 Å². The van der Waals surface area contributed by atoms with Crippen LogP contribution >= 0.6 is 11.3 Å². The molecule has 0 aliphatic rings. The van der Waals surface area contributed by atoms with Gasteiger partial charge >= 0.3 is 0 Å². The number of hydrogen-bond donors (Lipinski definition) is 1. The number of carbonyl (C=O) groups excluding carboxylic acids is 1. The smallest absolute Gasteiger partial charge is 0.264 e. The van der Waals surface area contributed by atoms with Gasteiger partial charge in [-0.1, -0.05) is 23.5 Å². The number of methoxy groups -OCH3 is 1. The molecule has 0 aliphatic carbocycles. The van der Waals surface area contributed by atoms with Gasteiger partial charge in [-0.3, -0.25) is 14.4 Å². The van der Waals surface area contributed by atoms with Gasteiger partial charge in [-0.05, 0) is 36.4 Å². The largest absolute Gasteiger partial charge is 0.495 e. The zero-order valence-corrected chi connectivity index (χ0v) is 17.5. The number of amides is 1. The molecule has 0 atom stereocenters. The van der Waals surface area contributed by atoms with Gasteiger partial charge in [0.2, 0.25) is 10.1 Å². The number of anilines is 2. The Kier molecular flexibility index (Phi) is 5.10. The number of carbonyl (C=O) groups is 1. The first-order chi connectivity index (χ1) is 14.4. The second kappa shape index (κ2) is 7.72. The first kappa shape index (κ1) is 19.8. The van der Waals surface area contributed by atoms with E-state index in [4.69, 9.17) is 4.74 Å². The maximum absolute atomic E-state index is 13.0. The fourth-order valence-electron chi connectivity index (χ4n) is 2.74. The van der Waals surface area contributed by atoms with Gasteiger partial charge in [-0.15, -0.1) is 15.3 Å². The van der Waals surface area contributed by atoms with E-state index in [0.717, 1.165) is 4.31 Å². The number of nitrogens with zero attached hydrogens (tertiary/aromatic N) is 5. The average Bonchev–Trinajstić information content (AvgIpc) is 3.35. The Morgan fingerprint density at radius 2 is 1.90 bits per heavy atom. The monoisotopic (exact) mass is 444 g/mol. The summed E-state index contributed by atoms with van der Waals surface area (Å²) >= 11 is 1.17. The van der Waals surface area contributed by atoms with Crippen LogP contribution in [0.5, 0.6) is 5.75 Å². The van der Waals surface area contributed by atoms with Crippen molar-refractivity contribution in [3.05, 3.63) is 60.4 Å². The minimum absolute atomic E-state index is 0.0475. The molecular weight excluding hydrogens is 428 g/mol. The average molecular weight is 444 g/mol. The van der Waals surface area contributed by atoms with Crippen molar-refractivity contribution in [3.63, 3.8) is 0 Å². The Hall–Kier alpha value is -3.51. The van der Waals surface area contributed by atoms with E-state index in [-0.39, 0.29) is 4.90 Å². The van der Waals surface area contributed by atoms with E-state index in [1.165, 1.54) is 60.6 Å². The molecular formula is C18H16N6O4S2. The second-order valence-corrected chi connectivity index (χ2v) is 9.01. The third-order valence-electron chi connectivity index (χ3n) is 4.31. The number of benzene rings is 2. The van der Waals surface area contributed by atoms with Crippen LogP contribution in [0.3, 0.4) is 0 Å². The van der Waals surface area contributed by atoms with Gasteiger partial charge < -0.3 is 4.74 Å². The van der Waals surface area contributed by atoms with Crippen LogP contribution in [0.15, 0.2) is 59.8 Å². The first-order valence-electron chi connectivity index (χ1n) is 8.60. The van der Waals surface area contributed by atoms with Crippen molar-refractivity contribution in [2.24, 2.45) is 0 Å². The fraction of sp³-hybridized carbons (Fsp3) is 0.111. The van der Waals surface area contributed by atoms with Crippen LogP contribution < -0.4 is 14.4 Å². The minimum Gasteiger partial charge on any atom is -0.495 e. The van der Waals surface area contributed by atoms with Gasteiger partial charge in [-0.25, -0.2) is 8.42 Å². The molecule has 0 saturated heterocycles. The van der Waals surface area contributed by atoms with Gasteiger partial charge in [0.05, 0.1) is 17.7 Å². The summed E-state index contributed by atoms with van der Waals surface area (Å²) in [5.41, 5.74) is 0.699. The van der Waals surface area contributed by atoms with Gasteiger partial charge in [-0.2, -0.15) is 4.52 Å². The Morgan fingerprint density at radius 1 is 1.17 bits per heavy atom. The molecule has 30 heavy (non-hydrogen) atoms. The van der Waals surface area contributed by atoms with Crippen molar-refractivity contribution in [2.45, 2.75) is 4.90 Å². The number of fused-ring (bicyclic) bond motifs is 1. The van der Waals surface area contributed by atoms with Gasteiger partial charge in [0.1, 0.15) is 12.1 Å². The summed E-state index contributed by atoms with van der Waals surface area (Å²) in [7, 11) is -0.922. The highest BCUT2D eigenvalue weighted by Crippen LogP contribution is 2.31. The Balaban J connectivity index is 1.54. The number of aromatic nitrogens is 4. The summed E-state index contributed by atoms with van der Waals surface area (Å²) in [6.45, 7) is 0. The lowest BCUT2D eigenvalue weighted by Gasteiger charge is -2.21. The van der Waals surface area contributed by atoms with Crippen LogP contribution in [0.1, 0.15) is 10.4 Å². The van der Waals surface area contributed by atoms with E-state index in [2.05, 4.69) is 20.6 Å². The molecule has 1 amide bonds. The van der Waals surface area contributed by atoms with Crippen LogP contribution in [0.4, 0.5) is 10.8 Å². The molecule has 4 aromatic rings. The van der Waals surface area contributed by atoms with E-state index in [0.29, 0.717) is 27.1 Å². The van der Waals surface area contributed by atoms with Crippen LogP contribution in [-0.2, 0) is 10.0 Å². The zero-order chi connectivity index (χ0) is 21.3. The topological polar surface area (TPSA) is 119 Å². The van der Waals surface area contributed by atoms with Crippen molar-refractivity contribution >= 4 is 43.0 Å². The SMILES string of the molecule is COc1ccccc1N(C)S(=O)(=O)c1ccc(C(=O)Nc2nn3cnnc3s2)cc1. The molecule has 0 fully saturated rings. The third kappa shape index (κ3) is 3.57. The zero-order valence-electron chi connectivity index (χ0n) is 15.9. The lowest BCUT2D eigenvalue weighted by atomic mass is 10.2. The number of ether oxygens (including phenoxy) is 1. The van der Waals surface area contributed by atoms with E-state index in [9.17, 15) is 13.2 Å². The molecule has 0 bridgehead atoms. The molecule has 0 radical (unpaired) electrons. The molecule has 1 N–H and O–H groups in total. The highest BCUT2D eigenvalue weighted by atomic mass is 32.2. The molecule has 10 nitrogen and oxygen atoms in total. The molecule has 4 rings (SSSR count). The summed E-state index contributed by atoms with van der Waals surface area (Å²) in [4.78, 5) is 13.0. The molecule has 2 heterocycles. The summed E-state index contributed by atoms with van der Waals surface area (Å²) in [6.07, 6.45) is 1.43. The number of nitrogens with one attached hydrogen (secondary N) is 1. The molecule has 154 valence electrons. The van der Waals surface area contributed by atoms with E-state index in [1.54, 1.807) is 24.3 Å². The van der Waals surface area contributed by atoms with E-state index >= 15 is 0 Å². The minimum atomic E-state index is -3.84. The van der Waals surface area contributed by atoms with Crippen molar-refractivity contribution in [3.8, 4) is 5.75 Å². The predicted molar refractivity (Wildman–Crippen MR) is 112 cm³/mol. The number of para-hydroxylation sites is 2. The van der Waals surface area contributed by atoms with Crippen LogP contribution in [0.25, 0.3) is 4.96 Å².